The molecule has 1 atom stereocenters. The van der Waals surface area contributed by atoms with Gasteiger partial charge in [0.25, 0.3) is 6.43 Å². The van der Waals surface area contributed by atoms with E-state index in [0.29, 0.717) is 41.9 Å². The first-order valence-corrected chi connectivity index (χ1v) is 13.4. The fourth-order valence-corrected chi connectivity index (χ4v) is 5.88. The number of urea groups is 1. The first-order valence-electron chi connectivity index (χ1n) is 12.6. The third-order valence-corrected chi connectivity index (χ3v) is 8.42. The molecule has 0 radical (unpaired) electrons. The van der Waals surface area contributed by atoms with E-state index in [-0.39, 0.29) is 47.3 Å². The van der Waals surface area contributed by atoms with Gasteiger partial charge >= 0.3 is 6.03 Å². The number of anilines is 1. The Bertz CT molecular complexity index is 1370. The van der Waals surface area contributed by atoms with Gasteiger partial charge in [0.15, 0.2) is 0 Å². The average molecular weight is 560 g/mol. The molecule has 2 N–H and O–H groups in total. The van der Waals surface area contributed by atoms with Gasteiger partial charge in [-0.3, -0.25) is 4.79 Å². The van der Waals surface area contributed by atoms with Crippen LogP contribution in [0.25, 0.3) is 0 Å². The minimum absolute atomic E-state index is 0.0715. The summed E-state index contributed by atoms with van der Waals surface area (Å²) in [7, 11) is 1.57. The van der Waals surface area contributed by atoms with Crippen LogP contribution in [-0.4, -0.2) is 52.4 Å². The van der Waals surface area contributed by atoms with Crippen LogP contribution < -0.4 is 15.4 Å². The summed E-state index contributed by atoms with van der Waals surface area (Å²) in [6.45, 7) is 2.22. The van der Waals surface area contributed by atoms with Crippen molar-refractivity contribution in [2.45, 2.75) is 44.1 Å². The lowest BCUT2D eigenvalue weighted by Crippen LogP contribution is -2.42. The molecule has 0 bridgehead atoms. The minimum atomic E-state index is -2.73. The zero-order chi connectivity index (χ0) is 27.7. The van der Waals surface area contributed by atoms with Crippen LogP contribution in [0.5, 0.6) is 5.75 Å². The van der Waals surface area contributed by atoms with E-state index < -0.39 is 17.9 Å². The summed E-state index contributed by atoms with van der Waals surface area (Å²) in [5.41, 5.74) is 0.318. The SMILES string of the molecule is CNC(=O)[C@H]1C[C@H](Oc2ccc(C(F)F)cc2NC(=O)N2CCC(c3ccc(C)c(F)c3)(c3ncns3)C2)C1. The van der Waals surface area contributed by atoms with Gasteiger partial charge in [-0.05, 0) is 73.1 Å². The molecule has 8 nitrogen and oxygen atoms in total. The number of alkyl halides is 2. The standard InChI is InChI=1S/C27H28F3N5O3S/c1-15-3-5-18(12-20(15)28)27(25-32-14-33-39-25)7-8-35(13-27)26(37)34-21-11-16(23(29)30)4-6-22(21)38-19-9-17(10-19)24(36)31-2/h3-6,11-12,14,17,19,23H,7-10,13H2,1-2H3,(H,31,36)(H,34,37)/t17-,19-,27?. The van der Waals surface area contributed by atoms with Crippen LogP contribution in [0.1, 0.15) is 47.4 Å². The van der Waals surface area contributed by atoms with Crippen molar-refractivity contribution in [1.29, 1.82) is 0 Å². The lowest BCUT2D eigenvalue weighted by Gasteiger charge is -2.34. The van der Waals surface area contributed by atoms with Crippen molar-refractivity contribution in [2.24, 2.45) is 5.92 Å². The highest BCUT2D eigenvalue weighted by Gasteiger charge is 2.45. The van der Waals surface area contributed by atoms with E-state index in [0.717, 1.165) is 0 Å². The smallest absolute Gasteiger partial charge is 0.321 e. The Balaban J connectivity index is 1.36. The van der Waals surface area contributed by atoms with Crippen molar-refractivity contribution in [1.82, 2.24) is 19.6 Å². The number of halogens is 3. The number of carbonyl (C=O) groups is 2. The van der Waals surface area contributed by atoms with Gasteiger partial charge in [0.1, 0.15) is 29.0 Å². The highest BCUT2D eigenvalue weighted by atomic mass is 32.1. The molecular formula is C27H28F3N5O3S. The minimum Gasteiger partial charge on any atom is -0.488 e. The van der Waals surface area contributed by atoms with E-state index in [1.807, 2.05) is 6.07 Å². The maximum atomic E-state index is 14.5. The molecule has 12 heteroatoms. The average Bonchev–Trinajstić information content (AvgIpc) is 3.59. The molecule has 5 rings (SSSR count). The normalized spacial score (nSPS) is 22.5. The van der Waals surface area contributed by atoms with Crippen LogP contribution in [-0.2, 0) is 10.2 Å². The second-order valence-electron chi connectivity index (χ2n) is 9.97. The lowest BCUT2D eigenvalue weighted by molar-refractivity contribution is -0.130. The number of hydrogen-bond acceptors (Lipinski definition) is 6. The second kappa shape index (κ2) is 10.8. The Morgan fingerprint density at radius 3 is 2.67 bits per heavy atom. The first-order chi connectivity index (χ1) is 18.7. The highest BCUT2D eigenvalue weighted by Crippen LogP contribution is 2.42. The summed E-state index contributed by atoms with van der Waals surface area (Å²) >= 11 is 1.19. The van der Waals surface area contributed by atoms with Crippen LogP contribution in [0.3, 0.4) is 0 Å². The fraction of sp³-hybridized carbons (Fsp3) is 0.407. The molecule has 3 aromatic rings. The molecule has 2 aliphatic rings. The van der Waals surface area contributed by atoms with Crippen molar-refractivity contribution in [3.05, 3.63) is 70.2 Å². The van der Waals surface area contributed by atoms with Crippen LogP contribution in [0.15, 0.2) is 42.7 Å². The number of aromatic nitrogens is 2. The highest BCUT2D eigenvalue weighted by molar-refractivity contribution is 7.05. The number of rotatable bonds is 7. The Hall–Kier alpha value is -3.67. The number of aryl methyl sites for hydroxylation is 1. The number of nitrogens with zero attached hydrogens (tertiary/aromatic N) is 3. The number of benzene rings is 2. The van der Waals surface area contributed by atoms with Crippen molar-refractivity contribution in [3.63, 3.8) is 0 Å². The number of amides is 3. The Morgan fingerprint density at radius 2 is 2.00 bits per heavy atom. The topological polar surface area (TPSA) is 96.5 Å². The Labute approximate surface area is 227 Å². The van der Waals surface area contributed by atoms with Gasteiger partial charge in [-0.15, -0.1) is 0 Å². The Morgan fingerprint density at radius 1 is 1.21 bits per heavy atom. The third-order valence-electron chi connectivity index (χ3n) is 7.55. The van der Waals surface area contributed by atoms with Gasteiger partial charge in [0, 0.05) is 31.6 Å². The largest absolute Gasteiger partial charge is 0.488 e. The van der Waals surface area contributed by atoms with Crippen molar-refractivity contribution in [3.8, 4) is 5.75 Å². The van der Waals surface area contributed by atoms with E-state index in [4.69, 9.17) is 4.74 Å². The zero-order valence-corrected chi connectivity index (χ0v) is 22.2. The predicted molar refractivity (Wildman–Crippen MR) is 140 cm³/mol. The lowest BCUT2D eigenvalue weighted by atomic mass is 9.80. The number of hydrogen-bond donors (Lipinski definition) is 2. The molecule has 1 saturated heterocycles. The first kappa shape index (κ1) is 26.9. The summed E-state index contributed by atoms with van der Waals surface area (Å²) in [5.74, 6) is -0.330. The van der Waals surface area contributed by atoms with Crippen LogP contribution in [0, 0.1) is 18.7 Å². The molecule has 2 fully saturated rings. The number of nitrogens with one attached hydrogen (secondary N) is 2. The van der Waals surface area contributed by atoms with Crippen LogP contribution >= 0.6 is 11.5 Å². The molecule has 1 aliphatic carbocycles. The van der Waals surface area contributed by atoms with Crippen molar-refractivity contribution >= 4 is 29.2 Å². The molecule has 1 aromatic heterocycles. The van der Waals surface area contributed by atoms with E-state index in [1.54, 1.807) is 24.9 Å². The monoisotopic (exact) mass is 559 g/mol. The van der Waals surface area contributed by atoms with Gasteiger partial charge in [-0.25, -0.2) is 22.9 Å². The van der Waals surface area contributed by atoms with Gasteiger partial charge in [-0.2, -0.15) is 4.37 Å². The molecule has 2 aromatic carbocycles. The van der Waals surface area contributed by atoms with Gasteiger partial charge in [-0.1, -0.05) is 12.1 Å². The zero-order valence-electron chi connectivity index (χ0n) is 21.4. The molecule has 206 valence electrons. The van der Waals surface area contributed by atoms with Gasteiger partial charge in [0.2, 0.25) is 5.91 Å². The van der Waals surface area contributed by atoms with Crippen molar-refractivity contribution < 1.29 is 27.5 Å². The quantitative estimate of drug-likeness (QED) is 0.422. The molecule has 2 heterocycles. The summed E-state index contributed by atoms with van der Waals surface area (Å²) < 4.78 is 51.6. The van der Waals surface area contributed by atoms with E-state index >= 15 is 0 Å². The van der Waals surface area contributed by atoms with Gasteiger partial charge < -0.3 is 20.3 Å². The van der Waals surface area contributed by atoms with E-state index in [2.05, 4.69) is 20.0 Å². The van der Waals surface area contributed by atoms with E-state index in [9.17, 15) is 22.8 Å². The maximum Gasteiger partial charge on any atom is 0.321 e. The molecule has 0 spiro atoms. The van der Waals surface area contributed by atoms with E-state index in [1.165, 1.54) is 42.1 Å². The summed E-state index contributed by atoms with van der Waals surface area (Å²) in [6, 6.07) is 8.38. The number of carbonyl (C=O) groups excluding carboxylic acids is 2. The number of ether oxygens (including phenoxy) is 1. The molecular weight excluding hydrogens is 531 g/mol. The fourth-order valence-electron chi connectivity index (χ4n) is 5.13. The predicted octanol–water partition coefficient (Wildman–Crippen LogP) is 5.05. The molecule has 3 amide bonds. The van der Waals surface area contributed by atoms with Crippen molar-refractivity contribution in [2.75, 3.05) is 25.5 Å². The number of likely N-dealkylation sites (tertiary alicyclic amines) is 1. The van der Waals surface area contributed by atoms with Crippen LogP contribution in [0.2, 0.25) is 0 Å². The third kappa shape index (κ3) is 5.29. The second-order valence-corrected chi connectivity index (χ2v) is 10.8. The summed E-state index contributed by atoms with van der Waals surface area (Å²) in [4.78, 5) is 31.2. The summed E-state index contributed by atoms with van der Waals surface area (Å²) in [6.07, 6.45) is -0.0935. The molecule has 1 aliphatic heterocycles. The van der Waals surface area contributed by atoms with Gasteiger partial charge in [0.05, 0.1) is 11.1 Å². The summed E-state index contributed by atoms with van der Waals surface area (Å²) in [5, 5.41) is 6.02. The molecule has 39 heavy (non-hydrogen) atoms. The van der Waals surface area contributed by atoms with Crippen LogP contribution in [0.4, 0.5) is 23.7 Å². The molecule has 1 unspecified atom stereocenters. The Kier molecular flexibility index (Phi) is 7.48. The maximum absolute atomic E-state index is 14.5. The molecule has 1 saturated carbocycles.